The summed E-state index contributed by atoms with van der Waals surface area (Å²) in [6.45, 7) is 7.26. The third-order valence-electron chi connectivity index (χ3n) is 1.93. The lowest BCUT2D eigenvalue weighted by Gasteiger charge is -2.09. The minimum absolute atomic E-state index is 0.00559. The Morgan fingerprint density at radius 3 is 2.11 bits per heavy atom. The fourth-order valence-corrected chi connectivity index (χ4v) is 1.18. The number of hydrogen-bond acceptors (Lipinski definition) is 4. The monoisotopic (exact) mass is 272 g/mol. The highest BCUT2D eigenvalue weighted by Gasteiger charge is 1.94. The van der Waals surface area contributed by atoms with E-state index in [4.69, 9.17) is 14.2 Å². The molecule has 1 rings (SSSR count). The maximum Gasteiger partial charge on any atom is 0.157 e. The van der Waals surface area contributed by atoms with E-state index in [9.17, 15) is 9.18 Å². The Balaban J connectivity index is 0.000000362. The van der Waals surface area contributed by atoms with Gasteiger partial charge in [0.05, 0.1) is 0 Å². The third-order valence-corrected chi connectivity index (χ3v) is 1.93. The molecule has 0 unspecified atom stereocenters. The molecule has 0 aliphatic rings. The van der Waals surface area contributed by atoms with Crippen LogP contribution in [0.25, 0.3) is 0 Å². The molecular weight excluding hydrogens is 251 g/mol. The molecule has 0 aliphatic heterocycles. The average molecular weight is 272 g/mol. The van der Waals surface area contributed by atoms with Gasteiger partial charge in [-0.15, -0.1) is 0 Å². The van der Waals surface area contributed by atoms with Crippen molar-refractivity contribution >= 4 is 6.29 Å². The van der Waals surface area contributed by atoms with Gasteiger partial charge < -0.3 is 14.2 Å². The van der Waals surface area contributed by atoms with E-state index in [1.807, 2.05) is 20.8 Å². The van der Waals surface area contributed by atoms with Crippen molar-refractivity contribution in [2.75, 3.05) is 19.8 Å². The minimum atomic E-state index is -0.316. The molecule has 0 spiro atoms. The van der Waals surface area contributed by atoms with Crippen molar-refractivity contribution in [3.63, 3.8) is 0 Å². The lowest BCUT2D eigenvalue weighted by molar-refractivity contribution is -0.123. The summed E-state index contributed by atoms with van der Waals surface area (Å²) in [5.74, 6) is 0.182. The van der Waals surface area contributed by atoms with Gasteiger partial charge in [0.25, 0.3) is 0 Å². The Labute approximate surface area is 113 Å². The summed E-state index contributed by atoms with van der Waals surface area (Å²) in [4.78, 5) is 9.85. The molecule has 0 N–H and O–H groups in total. The van der Waals surface area contributed by atoms with E-state index in [1.54, 1.807) is 0 Å². The largest absolute Gasteiger partial charge is 0.486 e. The molecule has 1 aromatic rings. The molecule has 0 amide bonds. The predicted octanol–water partition coefficient (Wildman–Crippen LogP) is 2.81. The van der Waals surface area contributed by atoms with Crippen molar-refractivity contribution in [3.05, 3.63) is 30.1 Å². The topological polar surface area (TPSA) is 44.8 Å². The number of aldehydes is 1. The molecule has 0 atom stereocenters. The highest BCUT2D eigenvalue weighted by Crippen LogP contribution is 2.09. The number of halogens is 1. The van der Waals surface area contributed by atoms with Gasteiger partial charge in [-0.3, -0.25) is 4.79 Å². The second-order valence-corrected chi connectivity index (χ2v) is 3.41. The molecular formula is C14H21FO4. The van der Waals surface area contributed by atoms with Crippen molar-refractivity contribution in [1.82, 2.24) is 0 Å². The first-order valence-electron chi connectivity index (χ1n) is 6.19. The van der Waals surface area contributed by atoms with Gasteiger partial charge in [-0.1, -0.05) is 0 Å². The molecule has 0 aliphatic carbocycles. The minimum Gasteiger partial charge on any atom is -0.486 e. The van der Waals surface area contributed by atoms with E-state index in [1.165, 1.54) is 24.3 Å². The van der Waals surface area contributed by atoms with E-state index in [2.05, 4.69) is 0 Å². The van der Waals surface area contributed by atoms with Gasteiger partial charge in [-0.2, -0.15) is 0 Å². The molecule has 1 aromatic carbocycles. The van der Waals surface area contributed by atoms with Crippen molar-refractivity contribution in [1.29, 1.82) is 0 Å². The van der Waals surface area contributed by atoms with E-state index in [0.717, 1.165) is 13.2 Å². The van der Waals surface area contributed by atoms with Crippen LogP contribution in [0.5, 0.6) is 5.75 Å². The van der Waals surface area contributed by atoms with Crippen LogP contribution >= 0.6 is 0 Å². The summed E-state index contributed by atoms with van der Waals surface area (Å²) in [6, 6.07) is 5.50. The Bertz CT molecular complexity index is 321. The lowest BCUT2D eigenvalue weighted by atomic mass is 10.3. The molecule has 0 bridgehead atoms. The maximum absolute atomic E-state index is 12.3. The quantitative estimate of drug-likeness (QED) is 0.565. The molecule has 108 valence electrons. The van der Waals surface area contributed by atoms with Crippen LogP contribution in [0.15, 0.2) is 24.3 Å². The van der Waals surface area contributed by atoms with Gasteiger partial charge >= 0.3 is 0 Å². The number of carbonyl (C=O) groups is 1. The van der Waals surface area contributed by atoms with Crippen molar-refractivity contribution in [2.24, 2.45) is 0 Å². The first kappa shape index (κ1) is 17.5. The average Bonchev–Trinajstić information content (AvgIpc) is 2.39. The molecule has 0 saturated carbocycles. The zero-order valence-corrected chi connectivity index (χ0v) is 11.6. The second-order valence-electron chi connectivity index (χ2n) is 3.41. The van der Waals surface area contributed by atoms with Crippen molar-refractivity contribution in [3.8, 4) is 5.75 Å². The van der Waals surface area contributed by atoms with E-state index < -0.39 is 0 Å². The molecule has 19 heavy (non-hydrogen) atoms. The van der Waals surface area contributed by atoms with Crippen LogP contribution in [0.2, 0.25) is 0 Å². The Morgan fingerprint density at radius 1 is 1.16 bits per heavy atom. The maximum atomic E-state index is 12.3. The normalized spacial score (nSPS) is 9.74. The second kappa shape index (κ2) is 11.6. The summed E-state index contributed by atoms with van der Waals surface area (Å²) in [7, 11) is 0. The van der Waals surface area contributed by atoms with E-state index >= 15 is 0 Å². The Hall–Kier alpha value is -1.46. The molecule has 0 saturated heterocycles. The fraction of sp³-hybridized carbons (Fsp3) is 0.500. The van der Waals surface area contributed by atoms with E-state index in [-0.39, 0.29) is 18.7 Å². The first-order chi connectivity index (χ1) is 9.13. The van der Waals surface area contributed by atoms with Crippen LogP contribution in [-0.2, 0) is 14.3 Å². The Kier molecular flexibility index (Phi) is 10.7. The summed E-state index contributed by atoms with van der Waals surface area (Å²) in [5, 5.41) is 0. The fourth-order valence-electron chi connectivity index (χ4n) is 1.18. The predicted molar refractivity (Wildman–Crippen MR) is 70.7 cm³/mol. The molecule has 4 nitrogen and oxygen atoms in total. The number of benzene rings is 1. The van der Waals surface area contributed by atoms with Gasteiger partial charge in [-0.05, 0) is 45.0 Å². The van der Waals surface area contributed by atoms with E-state index in [0.29, 0.717) is 12.0 Å². The first-order valence-corrected chi connectivity index (χ1v) is 6.19. The van der Waals surface area contributed by atoms with Gasteiger partial charge in [-0.25, -0.2) is 4.39 Å². The van der Waals surface area contributed by atoms with Gasteiger partial charge in [0.15, 0.2) is 12.6 Å². The molecule has 0 heterocycles. The van der Waals surface area contributed by atoms with Crippen LogP contribution < -0.4 is 4.74 Å². The third kappa shape index (κ3) is 10.2. The number of ether oxygens (including phenoxy) is 3. The lowest BCUT2D eigenvalue weighted by Crippen LogP contribution is -2.11. The standard InChI is InChI=1S/C8H7FO2.C6H14O2/c9-7-1-3-8(4-2-7)11-6-5-10;1-4-7-6(3)8-5-2/h1-5H,6H2;6H,4-5H2,1-3H3. The van der Waals surface area contributed by atoms with Crippen LogP contribution in [-0.4, -0.2) is 32.4 Å². The molecule has 5 heteroatoms. The van der Waals surface area contributed by atoms with Gasteiger partial charge in [0.2, 0.25) is 0 Å². The zero-order chi connectivity index (χ0) is 14.5. The number of hydrogen-bond donors (Lipinski definition) is 0. The summed E-state index contributed by atoms with van der Waals surface area (Å²) < 4.78 is 27.3. The van der Waals surface area contributed by atoms with Gasteiger partial charge in [0.1, 0.15) is 18.2 Å². The summed E-state index contributed by atoms with van der Waals surface area (Å²) >= 11 is 0. The molecule has 0 aromatic heterocycles. The zero-order valence-electron chi connectivity index (χ0n) is 11.6. The van der Waals surface area contributed by atoms with Crippen LogP contribution in [0.4, 0.5) is 4.39 Å². The smallest absolute Gasteiger partial charge is 0.157 e. The highest BCUT2D eigenvalue weighted by molar-refractivity contribution is 5.51. The van der Waals surface area contributed by atoms with Crippen molar-refractivity contribution < 1.29 is 23.4 Å². The van der Waals surface area contributed by atoms with Gasteiger partial charge in [0, 0.05) is 13.2 Å². The van der Waals surface area contributed by atoms with Crippen LogP contribution in [0.3, 0.4) is 0 Å². The molecule has 0 radical (unpaired) electrons. The van der Waals surface area contributed by atoms with Crippen LogP contribution in [0, 0.1) is 5.82 Å². The number of rotatable bonds is 7. The van der Waals surface area contributed by atoms with Crippen molar-refractivity contribution in [2.45, 2.75) is 27.1 Å². The van der Waals surface area contributed by atoms with Crippen LogP contribution in [0.1, 0.15) is 20.8 Å². The Morgan fingerprint density at radius 2 is 1.68 bits per heavy atom. The summed E-state index contributed by atoms with van der Waals surface area (Å²) in [6.07, 6.45) is 0.605. The molecule has 0 fully saturated rings. The highest BCUT2D eigenvalue weighted by atomic mass is 19.1. The number of carbonyl (C=O) groups excluding carboxylic acids is 1. The SMILES string of the molecule is CCOC(C)OCC.O=CCOc1ccc(F)cc1. The summed E-state index contributed by atoms with van der Waals surface area (Å²) in [5.41, 5.74) is 0.